The third-order valence-electron chi connectivity index (χ3n) is 3.18. The molecule has 0 bridgehead atoms. The summed E-state index contributed by atoms with van der Waals surface area (Å²) in [6.07, 6.45) is 5.44. The molecule has 1 fully saturated rings. The molecule has 0 N–H and O–H groups in total. The lowest BCUT2D eigenvalue weighted by atomic mass is 9.85. The molecule has 1 aliphatic carbocycles. The Bertz CT molecular complexity index is 510. The first kappa shape index (κ1) is 10.5. The first-order valence-electron chi connectivity index (χ1n) is 5.25. The lowest BCUT2D eigenvalue weighted by Gasteiger charge is -2.17. The van der Waals surface area contributed by atoms with Crippen LogP contribution in [0.5, 0.6) is 0 Å². The summed E-state index contributed by atoms with van der Waals surface area (Å²) in [6.45, 7) is 0. The lowest BCUT2D eigenvalue weighted by Crippen LogP contribution is -2.40. The highest BCUT2D eigenvalue weighted by Crippen LogP contribution is 2.38. The van der Waals surface area contributed by atoms with Crippen molar-refractivity contribution < 1.29 is 9.59 Å². The normalized spacial score (nSPS) is 28.3. The third-order valence-corrected chi connectivity index (χ3v) is 3.49. The van der Waals surface area contributed by atoms with Crippen LogP contribution in [-0.4, -0.2) is 26.7 Å². The molecule has 0 aromatic carbocycles. The summed E-state index contributed by atoms with van der Waals surface area (Å²) in [4.78, 5) is 24.2. The van der Waals surface area contributed by atoms with Crippen molar-refractivity contribution in [1.29, 1.82) is 0 Å². The third kappa shape index (κ3) is 1.48. The fourth-order valence-corrected chi connectivity index (χ4v) is 2.59. The Balaban J connectivity index is 1.96. The Labute approximate surface area is 102 Å². The Kier molecular flexibility index (Phi) is 2.25. The molecule has 1 aromatic heterocycles. The van der Waals surface area contributed by atoms with Gasteiger partial charge in [-0.15, -0.1) is 10.2 Å². The number of rotatable bonds is 1. The van der Waals surface area contributed by atoms with E-state index in [1.165, 1.54) is 17.3 Å². The Morgan fingerprint density at radius 3 is 2.53 bits per heavy atom. The summed E-state index contributed by atoms with van der Waals surface area (Å²) in [5, 5.41) is 8.94. The Morgan fingerprint density at radius 1 is 1.18 bits per heavy atom. The number of hydrogen-bond acceptors (Lipinski definition) is 4. The number of carbonyl (C=O) groups is 2. The monoisotopic (exact) mass is 252 g/mol. The minimum absolute atomic E-state index is 0.208. The molecule has 88 valence electrons. The van der Waals surface area contributed by atoms with Gasteiger partial charge in [-0.2, -0.15) is 5.01 Å². The van der Waals surface area contributed by atoms with Gasteiger partial charge in [0.15, 0.2) is 0 Å². The van der Waals surface area contributed by atoms with Gasteiger partial charge in [0.1, 0.15) is 12.7 Å². The Morgan fingerprint density at radius 2 is 1.82 bits per heavy atom. The van der Waals surface area contributed by atoms with E-state index < -0.39 is 0 Å². The number of carbonyl (C=O) groups excluding carboxylic acids is 2. The number of allylic oxidation sites excluding steroid dienone is 2. The zero-order valence-electron chi connectivity index (χ0n) is 8.78. The number of imide groups is 1. The van der Waals surface area contributed by atoms with E-state index in [0.29, 0.717) is 17.9 Å². The van der Waals surface area contributed by atoms with E-state index >= 15 is 0 Å². The molecule has 2 atom stereocenters. The van der Waals surface area contributed by atoms with Crippen LogP contribution in [0.15, 0.2) is 23.8 Å². The first-order valence-corrected chi connectivity index (χ1v) is 5.63. The minimum atomic E-state index is -0.345. The van der Waals surface area contributed by atoms with Crippen LogP contribution in [0.25, 0.3) is 0 Å². The molecule has 7 heteroatoms. The number of aromatic nitrogens is 3. The van der Waals surface area contributed by atoms with Gasteiger partial charge < -0.3 is 0 Å². The summed E-state index contributed by atoms with van der Waals surface area (Å²) >= 11 is 5.92. The molecule has 2 heterocycles. The largest absolute Gasteiger partial charge is 0.272 e. The van der Waals surface area contributed by atoms with Crippen LogP contribution in [0.2, 0.25) is 0 Å². The molecule has 1 aliphatic heterocycles. The van der Waals surface area contributed by atoms with Crippen molar-refractivity contribution in [2.75, 3.05) is 5.01 Å². The van der Waals surface area contributed by atoms with Crippen molar-refractivity contribution in [1.82, 2.24) is 14.9 Å². The summed E-state index contributed by atoms with van der Waals surface area (Å²) < 4.78 is 1.32. The molecular formula is C10H9ClN4O2. The minimum Gasteiger partial charge on any atom is -0.272 e. The van der Waals surface area contributed by atoms with Crippen LogP contribution in [-0.2, 0) is 9.59 Å². The number of fused-ring (bicyclic) bond motifs is 1. The smallest absolute Gasteiger partial charge is 0.253 e. The van der Waals surface area contributed by atoms with E-state index in [9.17, 15) is 9.59 Å². The molecule has 6 nitrogen and oxygen atoms in total. The van der Waals surface area contributed by atoms with E-state index in [-0.39, 0.29) is 23.7 Å². The topological polar surface area (TPSA) is 68.1 Å². The van der Waals surface area contributed by atoms with Gasteiger partial charge >= 0.3 is 0 Å². The van der Waals surface area contributed by atoms with Crippen molar-refractivity contribution >= 4 is 23.4 Å². The highest BCUT2D eigenvalue weighted by Gasteiger charge is 2.49. The molecule has 0 unspecified atom stereocenters. The van der Waals surface area contributed by atoms with Crippen molar-refractivity contribution in [3.8, 4) is 0 Å². The highest BCUT2D eigenvalue weighted by atomic mass is 35.5. The number of hydrogen-bond donors (Lipinski definition) is 0. The van der Waals surface area contributed by atoms with Crippen LogP contribution in [0, 0.1) is 11.8 Å². The van der Waals surface area contributed by atoms with Crippen LogP contribution in [0.3, 0.4) is 0 Å². The molecule has 0 radical (unpaired) electrons. The van der Waals surface area contributed by atoms with Gasteiger partial charge in [0.25, 0.3) is 11.8 Å². The molecule has 2 amide bonds. The molecule has 1 saturated heterocycles. The van der Waals surface area contributed by atoms with Gasteiger partial charge in [-0.25, -0.2) is 4.68 Å². The molecule has 17 heavy (non-hydrogen) atoms. The van der Waals surface area contributed by atoms with Crippen LogP contribution >= 0.6 is 11.6 Å². The maximum Gasteiger partial charge on any atom is 0.253 e. The van der Waals surface area contributed by atoms with E-state index in [4.69, 9.17) is 11.6 Å². The van der Waals surface area contributed by atoms with Gasteiger partial charge in [0.05, 0.1) is 11.8 Å². The number of amides is 2. The van der Waals surface area contributed by atoms with Crippen molar-refractivity contribution in [2.24, 2.45) is 11.8 Å². The predicted octanol–water partition coefficient (Wildman–Crippen LogP) is 0.432. The summed E-state index contributed by atoms with van der Waals surface area (Å²) in [6, 6.07) is 0. The van der Waals surface area contributed by atoms with E-state index in [0.717, 1.165) is 5.01 Å². The van der Waals surface area contributed by atoms with Gasteiger partial charge in [-0.1, -0.05) is 17.7 Å². The van der Waals surface area contributed by atoms with Gasteiger partial charge in [0.2, 0.25) is 0 Å². The summed E-state index contributed by atoms with van der Waals surface area (Å²) in [5.74, 6) is -1.08. The average Bonchev–Trinajstić information content (AvgIpc) is 2.88. The Hall–Kier alpha value is -1.69. The molecular weight excluding hydrogens is 244 g/mol. The van der Waals surface area contributed by atoms with E-state index in [1.54, 1.807) is 0 Å². The number of nitrogens with zero attached hydrogens (tertiary/aromatic N) is 4. The predicted molar refractivity (Wildman–Crippen MR) is 58.4 cm³/mol. The van der Waals surface area contributed by atoms with Gasteiger partial charge in [0, 0.05) is 5.03 Å². The standard InChI is InChI=1S/C10H9ClN4O2/c11-6-1-2-7-8(3-6)10(17)15(9(7)16)14-4-12-13-5-14/h1,4-5,7-8H,2-3H2/t7-,8-/m1/s1. The first-order chi connectivity index (χ1) is 8.18. The zero-order chi connectivity index (χ0) is 12.0. The molecule has 2 aliphatic rings. The fourth-order valence-electron chi connectivity index (χ4n) is 2.34. The van der Waals surface area contributed by atoms with Crippen LogP contribution in [0.4, 0.5) is 0 Å². The quantitative estimate of drug-likeness (QED) is 0.680. The highest BCUT2D eigenvalue weighted by molar-refractivity contribution is 6.30. The van der Waals surface area contributed by atoms with Gasteiger partial charge in [-0.3, -0.25) is 9.59 Å². The molecule has 0 spiro atoms. The molecule has 3 rings (SSSR count). The van der Waals surface area contributed by atoms with Crippen molar-refractivity contribution in [3.05, 3.63) is 23.8 Å². The second-order valence-corrected chi connectivity index (χ2v) is 4.62. The fraction of sp³-hybridized carbons (Fsp3) is 0.400. The van der Waals surface area contributed by atoms with Crippen molar-refractivity contribution in [2.45, 2.75) is 12.8 Å². The van der Waals surface area contributed by atoms with E-state index in [1.807, 2.05) is 6.08 Å². The van der Waals surface area contributed by atoms with Crippen LogP contribution < -0.4 is 5.01 Å². The second kappa shape index (κ2) is 3.66. The average molecular weight is 253 g/mol. The maximum absolute atomic E-state index is 12.1. The van der Waals surface area contributed by atoms with Crippen LogP contribution in [0.1, 0.15) is 12.8 Å². The second-order valence-electron chi connectivity index (χ2n) is 4.13. The SMILES string of the molecule is O=C1[C@@H]2CC=C(Cl)C[C@H]2C(=O)N1n1cnnc1. The summed E-state index contributed by atoms with van der Waals surface area (Å²) in [7, 11) is 0. The lowest BCUT2D eigenvalue weighted by molar-refractivity contribution is -0.124. The molecule has 1 aromatic rings. The zero-order valence-corrected chi connectivity index (χ0v) is 9.54. The van der Waals surface area contributed by atoms with E-state index in [2.05, 4.69) is 10.2 Å². The van der Waals surface area contributed by atoms with Crippen molar-refractivity contribution in [3.63, 3.8) is 0 Å². The summed E-state index contributed by atoms with van der Waals surface area (Å²) in [5.41, 5.74) is 0. The maximum atomic E-state index is 12.1. The number of halogens is 1. The van der Waals surface area contributed by atoms with Gasteiger partial charge in [-0.05, 0) is 12.8 Å². The molecule has 0 saturated carbocycles.